The Bertz CT molecular complexity index is 1340. The van der Waals surface area contributed by atoms with Crippen molar-refractivity contribution in [2.45, 2.75) is 13.2 Å². The molecule has 2 aromatic carbocycles. The molecule has 0 atom stereocenters. The SMILES string of the molecule is C#CCn1c(=O)c(-c2c(Cl)ccc(Cl)c2OCc2ccccc2)c(O)c2scnc21. The molecule has 0 fully saturated rings. The van der Waals surface area contributed by atoms with Crippen LogP contribution in [0.1, 0.15) is 5.56 Å². The van der Waals surface area contributed by atoms with Gasteiger partial charge in [-0.15, -0.1) is 17.8 Å². The topological polar surface area (TPSA) is 64.3 Å². The average Bonchev–Trinajstić information content (AvgIpc) is 3.24. The number of thiazole rings is 1. The van der Waals surface area contributed by atoms with Crippen molar-refractivity contribution in [1.82, 2.24) is 9.55 Å². The standard InChI is InChI=1S/C22H14Cl2N2O3S/c1-2-10-26-21-20(30-12-25-21)18(27)17(22(26)28)16-14(23)8-9-15(24)19(16)29-11-13-6-4-3-5-7-13/h1,3-9,12,27H,10-11H2. The van der Waals surface area contributed by atoms with E-state index in [0.29, 0.717) is 10.3 Å². The van der Waals surface area contributed by atoms with Gasteiger partial charge in [0.25, 0.3) is 5.56 Å². The van der Waals surface area contributed by atoms with Crippen LogP contribution in [-0.4, -0.2) is 14.7 Å². The fourth-order valence-electron chi connectivity index (χ4n) is 3.14. The summed E-state index contributed by atoms with van der Waals surface area (Å²) in [5.41, 5.74) is 2.41. The Kier molecular flexibility index (Phi) is 5.69. The third-order valence-electron chi connectivity index (χ3n) is 4.50. The molecular weight excluding hydrogens is 443 g/mol. The lowest BCUT2D eigenvalue weighted by Crippen LogP contribution is -2.22. The van der Waals surface area contributed by atoms with Crippen LogP contribution in [0.4, 0.5) is 0 Å². The molecule has 0 bridgehead atoms. The quantitative estimate of drug-likeness (QED) is 0.411. The van der Waals surface area contributed by atoms with E-state index < -0.39 is 5.56 Å². The fourth-order valence-corrected chi connectivity index (χ4v) is 4.34. The van der Waals surface area contributed by atoms with E-state index in [2.05, 4.69) is 10.9 Å². The van der Waals surface area contributed by atoms with Gasteiger partial charge >= 0.3 is 0 Å². The minimum atomic E-state index is -0.530. The lowest BCUT2D eigenvalue weighted by Gasteiger charge is -2.17. The predicted molar refractivity (Wildman–Crippen MR) is 121 cm³/mol. The Hall–Kier alpha value is -2.98. The summed E-state index contributed by atoms with van der Waals surface area (Å²) in [5, 5.41) is 11.4. The molecule has 150 valence electrons. The van der Waals surface area contributed by atoms with Crippen molar-refractivity contribution < 1.29 is 9.84 Å². The van der Waals surface area contributed by atoms with E-state index >= 15 is 0 Å². The maximum atomic E-state index is 13.3. The van der Waals surface area contributed by atoms with Crippen molar-refractivity contribution >= 4 is 44.9 Å². The number of aromatic nitrogens is 2. The fraction of sp³-hybridized carbons (Fsp3) is 0.0909. The second-order valence-corrected chi connectivity index (χ2v) is 8.00. The smallest absolute Gasteiger partial charge is 0.264 e. The summed E-state index contributed by atoms with van der Waals surface area (Å²) in [7, 11) is 0. The number of halogens is 2. The summed E-state index contributed by atoms with van der Waals surface area (Å²) in [6.45, 7) is 0.195. The molecule has 0 aliphatic heterocycles. The van der Waals surface area contributed by atoms with Crippen LogP contribution < -0.4 is 10.3 Å². The molecule has 4 aromatic rings. The molecule has 0 aliphatic carbocycles. The van der Waals surface area contributed by atoms with Gasteiger partial charge in [-0.05, 0) is 17.7 Å². The van der Waals surface area contributed by atoms with E-state index in [9.17, 15) is 9.90 Å². The minimum absolute atomic E-state index is 0.00919. The number of rotatable bonds is 5. The van der Waals surface area contributed by atoms with Gasteiger partial charge < -0.3 is 9.84 Å². The largest absolute Gasteiger partial charge is 0.505 e. The van der Waals surface area contributed by atoms with E-state index in [0.717, 1.165) is 5.56 Å². The molecule has 0 saturated carbocycles. The van der Waals surface area contributed by atoms with Crippen LogP contribution in [0.15, 0.2) is 52.8 Å². The summed E-state index contributed by atoms with van der Waals surface area (Å²) in [5.74, 6) is 2.42. The van der Waals surface area contributed by atoms with E-state index in [1.165, 1.54) is 21.4 Å². The third-order valence-corrected chi connectivity index (χ3v) is 5.93. The van der Waals surface area contributed by atoms with E-state index in [4.69, 9.17) is 34.4 Å². The normalized spacial score (nSPS) is 10.8. The number of aromatic hydroxyl groups is 1. The van der Waals surface area contributed by atoms with Gasteiger partial charge in [0.05, 0.1) is 33.2 Å². The molecule has 0 radical (unpaired) electrons. The van der Waals surface area contributed by atoms with Crippen molar-refractivity contribution in [2.75, 3.05) is 0 Å². The highest BCUT2D eigenvalue weighted by atomic mass is 35.5. The molecule has 0 unspecified atom stereocenters. The zero-order valence-electron chi connectivity index (χ0n) is 15.4. The summed E-state index contributed by atoms with van der Waals surface area (Å²) in [6.07, 6.45) is 5.44. The van der Waals surface area contributed by atoms with Crippen molar-refractivity contribution in [3.05, 3.63) is 73.9 Å². The van der Waals surface area contributed by atoms with Crippen LogP contribution in [0.25, 0.3) is 21.5 Å². The van der Waals surface area contributed by atoms with Gasteiger partial charge in [0.2, 0.25) is 0 Å². The molecule has 0 spiro atoms. The average molecular weight is 457 g/mol. The molecule has 2 heterocycles. The molecule has 5 nitrogen and oxygen atoms in total. The van der Waals surface area contributed by atoms with Gasteiger partial charge in [0.1, 0.15) is 22.8 Å². The van der Waals surface area contributed by atoms with E-state index in [1.54, 1.807) is 12.1 Å². The Morgan fingerprint density at radius 1 is 1.13 bits per heavy atom. The van der Waals surface area contributed by atoms with Crippen LogP contribution in [0.5, 0.6) is 11.5 Å². The molecule has 0 aliphatic rings. The van der Waals surface area contributed by atoms with Gasteiger partial charge in [-0.1, -0.05) is 59.5 Å². The van der Waals surface area contributed by atoms with Crippen molar-refractivity contribution in [1.29, 1.82) is 0 Å². The molecule has 30 heavy (non-hydrogen) atoms. The van der Waals surface area contributed by atoms with Crippen molar-refractivity contribution in [2.24, 2.45) is 0 Å². The van der Waals surface area contributed by atoms with Crippen LogP contribution in [0, 0.1) is 12.3 Å². The molecule has 1 N–H and O–H groups in total. The van der Waals surface area contributed by atoms with Crippen molar-refractivity contribution in [3.63, 3.8) is 0 Å². The Balaban J connectivity index is 1.95. The monoisotopic (exact) mass is 456 g/mol. The molecule has 8 heteroatoms. The molecular formula is C22H14Cl2N2O3S. The van der Waals surface area contributed by atoms with E-state index in [-0.39, 0.29) is 45.8 Å². The van der Waals surface area contributed by atoms with Crippen LogP contribution >= 0.6 is 34.5 Å². The predicted octanol–water partition coefficient (Wildman–Crippen LogP) is 5.35. The number of hydrogen-bond donors (Lipinski definition) is 1. The van der Waals surface area contributed by atoms with Crippen molar-refractivity contribution in [3.8, 4) is 35.0 Å². The van der Waals surface area contributed by atoms with E-state index in [1.807, 2.05) is 30.3 Å². The third kappa shape index (κ3) is 3.52. The number of hydrogen-bond acceptors (Lipinski definition) is 5. The first-order valence-electron chi connectivity index (χ1n) is 8.80. The minimum Gasteiger partial charge on any atom is -0.505 e. The van der Waals surface area contributed by atoms with Gasteiger partial charge in [0, 0.05) is 0 Å². The number of terminal acetylenes is 1. The Morgan fingerprint density at radius 2 is 1.87 bits per heavy atom. The number of nitrogens with zero attached hydrogens (tertiary/aromatic N) is 2. The second kappa shape index (κ2) is 8.41. The number of benzene rings is 2. The maximum absolute atomic E-state index is 13.3. The summed E-state index contributed by atoms with van der Waals surface area (Å²) >= 11 is 14.1. The van der Waals surface area contributed by atoms with Crippen LogP contribution in [0.3, 0.4) is 0 Å². The first-order valence-corrected chi connectivity index (χ1v) is 10.4. The Labute approximate surface area is 186 Å². The first-order chi connectivity index (χ1) is 14.5. The van der Waals surface area contributed by atoms with Gasteiger partial charge in [0.15, 0.2) is 5.65 Å². The highest BCUT2D eigenvalue weighted by Gasteiger charge is 2.25. The molecule has 2 aromatic heterocycles. The molecule has 0 amide bonds. The lowest BCUT2D eigenvalue weighted by atomic mass is 10.0. The highest BCUT2D eigenvalue weighted by Crippen LogP contribution is 2.45. The summed E-state index contributed by atoms with van der Waals surface area (Å²) in [6, 6.07) is 12.6. The first kappa shape index (κ1) is 20.3. The highest BCUT2D eigenvalue weighted by molar-refractivity contribution is 7.17. The van der Waals surface area contributed by atoms with Crippen LogP contribution in [0.2, 0.25) is 10.0 Å². The summed E-state index contributed by atoms with van der Waals surface area (Å²) < 4.78 is 7.70. The zero-order chi connectivity index (χ0) is 21.3. The maximum Gasteiger partial charge on any atom is 0.264 e. The summed E-state index contributed by atoms with van der Waals surface area (Å²) in [4.78, 5) is 17.5. The van der Waals surface area contributed by atoms with Gasteiger partial charge in [-0.2, -0.15) is 0 Å². The van der Waals surface area contributed by atoms with Gasteiger partial charge in [-0.3, -0.25) is 9.36 Å². The number of fused-ring (bicyclic) bond motifs is 1. The molecule has 4 rings (SSSR count). The van der Waals surface area contributed by atoms with Crippen LogP contribution in [-0.2, 0) is 13.2 Å². The lowest BCUT2D eigenvalue weighted by molar-refractivity contribution is 0.307. The second-order valence-electron chi connectivity index (χ2n) is 6.33. The number of pyridine rings is 1. The number of ether oxygens (including phenoxy) is 1. The zero-order valence-corrected chi connectivity index (χ0v) is 17.8. The Morgan fingerprint density at radius 3 is 2.60 bits per heavy atom. The van der Waals surface area contributed by atoms with Gasteiger partial charge in [-0.25, -0.2) is 4.98 Å². The molecule has 0 saturated heterocycles.